The number of nitrogens with zero attached hydrogens (tertiary/aromatic N) is 2. The van der Waals surface area contributed by atoms with Crippen LogP contribution in [0.15, 0.2) is 30.3 Å². The summed E-state index contributed by atoms with van der Waals surface area (Å²) in [5.41, 5.74) is 1.40. The molecule has 0 aliphatic heterocycles. The van der Waals surface area contributed by atoms with Gasteiger partial charge < -0.3 is 15.1 Å². The quantitative estimate of drug-likeness (QED) is 0.707. The maximum Gasteiger partial charge on any atom is 0.168 e. The summed E-state index contributed by atoms with van der Waals surface area (Å²) in [7, 11) is 4.20. The second-order valence-electron chi connectivity index (χ2n) is 5.61. The first-order chi connectivity index (χ1) is 10.1. The van der Waals surface area contributed by atoms with Crippen molar-refractivity contribution in [3.05, 3.63) is 35.9 Å². The van der Waals surface area contributed by atoms with Crippen LogP contribution in [0.5, 0.6) is 0 Å². The van der Waals surface area contributed by atoms with Crippen LogP contribution in [0.1, 0.15) is 25.3 Å². The molecule has 0 aromatic heterocycles. The summed E-state index contributed by atoms with van der Waals surface area (Å²) in [6.45, 7) is 6.14. The van der Waals surface area contributed by atoms with Crippen molar-refractivity contribution in [1.82, 2.24) is 15.1 Å². The Morgan fingerprint density at radius 3 is 2.43 bits per heavy atom. The molecule has 0 saturated heterocycles. The SMILES string of the molecule is CCCNC(=S)N(CCCc1ccccc1)CCN(C)C. The summed E-state index contributed by atoms with van der Waals surface area (Å²) in [4.78, 5) is 4.50. The third-order valence-corrected chi connectivity index (χ3v) is 3.77. The molecule has 1 N–H and O–H groups in total. The first kappa shape index (κ1) is 17.9. The highest BCUT2D eigenvalue weighted by molar-refractivity contribution is 7.80. The third-order valence-electron chi connectivity index (χ3n) is 3.37. The molecule has 0 saturated carbocycles. The van der Waals surface area contributed by atoms with Crippen LogP contribution in [0.2, 0.25) is 0 Å². The Morgan fingerprint density at radius 1 is 1.10 bits per heavy atom. The van der Waals surface area contributed by atoms with Crippen molar-refractivity contribution in [2.45, 2.75) is 26.2 Å². The van der Waals surface area contributed by atoms with Crippen molar-refractivity contribution in [3.8, 4) is 0 Å². The molecule has 0 atom stereocenters. The Hall–Kier alpha value is -1.13. The van der Waals surface area contributed by atoms with Gasteiger partial charge in [-0.25, -0.2) is 0 Å². The molecule has 0 spiro atoms. The fraction of sp³-hybridized carbons (Fsp3) is 0.588. The molecule has 0 bridgehead atoms. The molecule has 0 radical (unpaired) electrons. The van der Waals surface area contributed by atoms with Gasteiger partial charge >= 0.3 is 0 Å². The topological polar surface area (TPSA) is 18.5 Å². The maximum absolute atomic E-state index is 5.52. The van der Waals surface area contributed by atoms with Gasteiger partial charge in [0.2, 0.25) is 0 Å². The fourth-order valence-corrected chi connectivity index (χ4v) is 2.38. The molecule has 0 heterocycles. The van der Waals surface area contributed by atoms with Crippen molar-refractivity contribution < 1.29 is 0 Å². The van der Waals surface area contributed by atoms with Crippen molar-refractivity contribution in [2.75, 3.05) is 40.3 Å². The van der Waals surface area contributed by atoms with Gasteiger partial charge in [-0.1, -0.05) is 37.3 Å². The van der Waals surface area contributed by atoms with Crippen molar-refractivity contribution >= 4 is 17.3 Å². The van der Waals surface area contributed by atoms with Crippen molar-refractivity contribution in [1.29, 1.82) is 0 Å². The number of benzene rings is 1. The summed E-state index contributed by atoms with van der Waals surface area (Å²) in [5, 5.41) is 4.24. The third kappa shape index (κ3) is 8.02. The van der Waals surface area contributed by atoms with E-state index in [0.29, 0.717) is 0 Å². The van der Waals surface area contributed by atoms with E-state index in [9.17, 15) is 0 Å². The number of hydrogen-bond donors (Lipinski definition) is 1. The number of aryl methyl sites for hydroxylation is 1. The lowest BCUT2D eigenvalue weighted by atomic mass is 10.1. The average molecular weight is 308 g/mol. The van der Waals surface area contributed by atoms with Gasteiger partial charge in [0.1, 0.15) is 0 Å². The maximum atomic E-state index is 5.52. The molecule has 21 heavy (non-hydrogen) atoms. The van der Waals surface area contributed by atoms with E-state index in [-0.39, 0.29) is 0 Å². The molecule has 0 aliphatic carbocycles. The van der Waals surface area contributed by atoms with Gasteiger partial charge in [0.05, 0.1) is 0 Å². The standard InChI is InChI=1S/C17H29N3S/c1-4-12-18-17(21)20(15-14-19(2)3)13-8-11-16-9-6-5-7-10-16/h5-7,9-10H,4,8,11-15H2,1-3H3,(H,18,21). The molecule has 0 unspecified atom stereocenters. The largest absolute Gasteiger partial charge is 0.363 e. The van der Waals surface area contributed by atoms with Crippen LogP contribution < -0.4 is 5.32 Å². The van der Waals surface area contributed by atoms with Crippen LogP contribution in [0, 0.1) is 0 Å². The molecule has 0 aliphatic rings. The molecule has 3 nitrogen and oxygen atoms in total. The molecule has 0 amide bonds. The van der Waals surface area contributed by atoms with Crippen LogP contribution in [-0.2, 0) is 6.42 Å². The Labute approximate surface area is 135 Å². The second-order valence-corrected chi connectivity index (χ2v) is 6.00. The van der Waals surface area contributed by atoms with Gasteiger partial charge in [-0.15, -0.1) is 0 Å². The van der Waals surface area contributed by atoms with Gasteiger partial charge in [0.15, 0.2) is 5.11 Å². The minimum absolute atomic E-state index is 0.895. The smallest absolute Gasteiger partial charge is 0.168 e. The van der Waals surface area contributed by atoms with E-state index in [1.54, 1.807) is 0 Å². The lowest BCUT2D eigenvalue weighted by molar-refractivity contribution is 0.324. The predicted octanol–water partition coefficient (Wildman–Crippen LogP) is 2.77. The lowest BCUT2D eigenvalue weighted by Crippen LogP contribution is -2.43. The Bertz CT molecular complexity index is 392. The normalized spacial score (nSPS) is 10.7. The van der Waals surface area contributed by atoms with E-state index in [2.05, 4.69) is 66.5 Å². The zero-order chi connectivity index (χ0) is 15.5. The van der Waals surface area contributed by atoms with Crippen LogP contribution in [0.4, 0.5) is 0 Å². The fourth-order valence-electron chi connectivity index (χ4n) is 2.10. The lowest BCUT2D eigenvalue weighted by Gasteiger charge is -2.27. The highest BCUT2D eigenvalue weighted by atomic mass is 32.1. The highest BCUT2D eigenvalue weighted by Gasteiger charge is 2.09. The van der Waals surface area contributed by atoms with Crippen LogP contribution in [0.3, 0.4) is 0 Å². The van der Waals surface area contributed by atoms with Gasteiger partial charge in [-0.3, -0.25) is 0 Å². The molecule has 0 fully saturated rings. The minimum Gasteiger partial charge on any atom is -0.363 e. The average Bonchev–Trinajstić information content (AvgIpc) is 2.49. The van der Waals surface area contributed by atoms with E-state index >= 15 is 0 Å². The molecular weight excluding hydrogens is 278 g/mol. The zero-order valence-electron chi connectivity index (χ0n) is 13.6. The van der Waals surface area contributed by atoms with E-state index in [0.717, 1.165) is 50.6 Å². The van der Waals surface area contributed by atoms with Crippen LogP contribution in [0.25, 0.3) is 0 Å². The molecule has 4 heteroatoms. The van der Waals surface area contributed by atoms with Gasteiger partial charge in [0.25, 0.3) is 0 Å². The van der Waals surface area contributed by atoms with Crippen molar-refractivity contribution in [3.63, 3.8) is 0 Å². The van der Waals surface area contributed by atoms with Gasteiger partial charge in [-0.05, 0) is 51.1 Å². The summed E-state index contributed by atoms with van der Waals surface area (Å²) < 4.78 is 0. The van der Waals surface area contributed by atoms with E-state index in [1.807, 2.05) is 0 Å². The predicted molar refractivity (Wildman–Crippen MR) is 95.8 cm³/mol. The van der Waals surface area contributed by atoms with Gasteiger partial charge in [0, 0.05) is 26.2 Å². The zero-order valence-corrected chi connectivity index (χ0v) is 14.5. The number of likely N-dealkylation sites (N-methyl/N-ethyl adjacent to an activating group) is 1. The highest BCUT2D eigenvalue weighted by Crippen LogP contribution is 2.04. The molecule has 1 aromatic carbocycles. The number of nitrogens with one attached hydrogen (secondary N) is 1. The summed E-state index contributed by atoms with van der Waals surface area (Å²) in [5.74, 6) is 0. The number of rotatable bonds is 9. The van der Waals surface area contributed by atoms with E-state index in [1.165, 1.54) is 5.56 Å². The van der Waals surface area contributed by atoms with Crippen molar-refractivity contribution in [2.24, 2.45) is 0 Å². The first-order valence-corrected chi connectivity index (χ1v) is 8.25. The van der Waals surface area contributed by atoms with Crippen LogP contribution >= 0.6 is 12.2 Å². The Kier molecular flexibility index (Phi) is 9.02. The first-order valence-electron chi connectivity index (χ1n) is 7.85. The van der Waals surface area contributed by atoms with E-state index < -0.39 is 0 Å². The molecule has 1 aromatic rings. The van der Waals surface area contributed by atoms with Gasteiger partial charge in [-0.2, -0.15) is 0 Å². The Balaban J connectivity index is 2.41. The number of hydrogen-bond acceptors (Lipinski definition) is 2. The number of thiocarbonyl (C=S) groups is 1. The van der Waals surface area contributed by atoms with E-state index in [4.69, 9.17) is 12.2 Å². The molecular formula is C17H29N3S. The second kappa shape index (κ2) is 10.6. The summed E-state index contributed by atoms with van der Waals surface area (Å²) in [6, 6.07) is 10.7. The monoisotopic (exact) mass is 307 g/mol. The minimum atomic E-state index is 0.895. The van der Waals surface area contributed by atoms with Crippen LogP contribution in [-0.4, -0.2) is 55.2 Å². The molecule has 118 valence electrons. The Morgan fingerprint density at radius 2 is 1.81 bits per heavy atom. The molecule has 1 rings (SSSR count). The summed E-state index contributed by atoms with van der Waals surface area (Å²) in [6.07, 6.45) is 3.34. The summed E-state index contributed by atoms with van der Waals surface area (Å²) >= 11 is 5.52.